The van der Waals surface area contributed by atoms with E-state index in [1.165, 1.54) is 7.11 Å². The Hall–Kier alpha value is -3.49. The second kappa shape index (κ2) is 14.9. The normalized spacial score (nSPS) is 12.7. The number of hydrogen-bond acceptors (Lipinski definition) is 5. The molecule has 0 aliphatic rings. The molecular weight excluding hydrogens is 492 g/mol. The van der Waals surface area contributed by atoms with Gasteiger partial charge in [-0.3, -0.25) is 14.8 Å². The number of carbonyl (C=O) groups is 2. The van der Waals surface area contributed by atoms with Gasteiger partial charge in [0.15, 0.2) is 0 Å². The first-order valence-electron chi connectivity index (χ1n) is 11.9. The lowest BCUT2D eigenvalue weighted by Crippen LogP contribution is -2.42. The van der Waals surface area contributed by atoms with Gasteiger partial charge >= 0.3 is 0 Å². The van der Waals surface area contributed by atoms with Crippen LogP contribution in [0.2, 0.25) is 5.02 Å². The van der Waals surface area contributed by atoms with Crippen LogP contribution in [0.4, 0.5) is 0 Å². The molecule has 194 valence electrons. The maximum Gasteiger partial charge on any atom is 0.251 e. The molecule has 0 fully saturated rings. The second-order valence-corrected chi connectivity index (χ2v) is 8.99. The Bertz CT molecular complexity index is 1150. The zero-order valence-electron chi connectivity index (χ0n) is 20.6. The van der Waals surface area contributed by atoms with E-state index < -0.39 is 17.9 Å². The molecule has 0 unspecified atom stereocenters. The van der Waals surface area contributed by atoms with E-state index in [0.717, 1.165) is 16.7 Å². The number of ether oxygens (including phenoxy) is 2. The summed E-state index contributed by atoms with van der Waals surface area (Å²) < 4.78 is 10.5. The molecule has 8 heteroatoms. The number of halogens is 1. The summed E-state index contributed by atoms with van der Waals surface area (Å²) in [6.45, 7) is 0.196. The third-order valence-electron chi connectivity index (χ3n) is 5.74. The maximum absolute atomic E-state index is 13.0. The average Bonchev–Trinajstić information content (AvgIpc) is 2.92. The van der Waals surface area contributed by atoms with E-state index in [1.807, 2.05) is 78.9 Å². The maximum atomic E-state index is 13.0. The Morgan fingerprint density at radius 3 is 2.16 bits per heavy atom. The lowest BCUT2D eigenvalue weighted by atomic mass is 9.92. The zero-order valence-corrected chi connectivity index (χ0v) is 21.4. The van der Waals surface area contributed by atoms with Crippen molar-refractivity contribution in [1.82, 2.24) is 10.8 Å². The SMILES string of the molecule is COCOC[C@H](C[C@H](Cc1ccccc1)C(=O)NO)NC(=O)c1ccc(C=Cc2ccc(Cl)cc2)cc1. The fraction of sp³-hybridized carbons (Fsp3) is 0.241. The number of nitrogens with one attached hydrogen (secondary N) is 2. The van der Waals surface area contributed by atoms with Crippen molar-refractivity contribution >= 4 is 35.6 Å². The summed E-state index contributed by atoms with van der Waals surface area (Å²) in [7, 11) is 1.51. The summed E-state index contributed by atoms with van der Waals surface area (Å²) in [5.41, 5.74) is 5.12. The van der Waals surface area contributed by atoms with Crippen molar-refractivity contribution in [2.24, 2.45) is 5.92 Å². The van der Waals surface area contributed by atoms with Gasteiger partial charge in [-0.1, -0.05) is 78.4 Å². The van der Waals surface area contributed by atoms with Crippen molar-refractivity contribution in [3.05, 3.63) is 106 Å². The van der Waals surface area contributed by atoms with Crippen molar-refractivity contribution in [3.63, 3.8) is 0 Å². The largest absolute Gasteiger partial charge is 0.359 e. The molecular formula is C29H31ClN2O5. The molecule has 0 aliphatic heterocycles. The van der Waals surface area contributed by atoms with Crippen LogP contribution in [0, 0.1) is 5.92 Å². The summed E-state index contributed by atoms with van der Waals surface area (Å²) in [4.78, 5) is 25.4. The number of carbonyl (C=O) groups excluding carboxylic acids is 2. The van der Waals surface area contributed by atoms with Gasteiger partial charge in [-0.2, -0.15) is 0 Å². The quantitative estimate of drug-likeness (QED) is 0.0966. The van der Waals surface area contributed by atoms with Crippen LogP contribution in [0.5, 0.6) is 0 Å². The number of amides is 2. The molecule has 0 spiro atoms. The first kappa shape index (κ1) is 28.1. The standard InChI is InChI=1S/C29H31ClN2O5/c1-36-20-37-19-27(18-25(29(34)32-35)17-23-5-3-2-4-6-23)31-28(33)24-13-9-21(10-14-24)7-8-22-11-15-26(30)16-12-22/h2-16,25,27,35H,17-20H2,1H3,(H,31,33)(H,32,34)/t25-,27-/m0/s1. The molecule has 0 aliphatic carbocycles. The molecule has 0 heterocycles. The fourth-order valence-corrected chi connectivity index (χ4v) is 3.97. The first-order chi connectivity index (χ1) is 18.0. The van der Waals surface area contributed by atoms with Crippen molar-refractivity contribution < 1.29 is 24.3 Å². The Morgan fingerprint density at radius 1 is 0.946 bits per heavy atom. The summed E-state index contributed by atoms with van der Waals surface area (Å²) in [6.07, 6.45) is 4.58. The number of methoxy groups -OCH3 is 1. The highest BCUT2D eigenvalue weighted by atomic mass is 35.5. The first-order valence-corrected chi connectivity index (χ1v) is 12.3. The van der Waals surface area contributed by atoms with E-state index >= 15 is 0 Å². The van der Waals surface area contributed by atoms with Crippen LogP contribution in [0.3, 0.4) is 0 Å². The van der Waals surface area contributed by atoms with Crippen LogP contribution in [-0.4, -0.2) is 43.6 Å². The molecule has 7 nitrogen and oxygen atoms in total. The van der Waals surface area contributed by atoms with Crippen LogP contribution in [0.25, 0.3) is 12.2 Å². The summed E-state index contributed by atoms with van der Waals surface area (Å²) in [5, 5.41) is 12.9. The van der Waals surface area contributed by atoms with E-state index in [2.05, 4.69) is 5.32 Å². The molecule has 0 bridgehead atoms. The molecule has 0 saturated heterocycles. The van der Waals surface area contributed by atoms with E-state index in [0.29, 0.717) is 17.0 Å². The van der Waals surface area contributed by atoms with Gasteiger partial charge in [-0.15, -0.1) is 0 Å². The van der Waals surface area contributed by atoms with Gasteiger partial charge in [-0.25, -0.2) is 5.48 Å². The monoisotopic (exact) mass is 522 g/mol. The van der Waals surface area contributed by atoms with Crippen LogP contribution >= 0.6 is 11.6 Å². The highest BCUT2D eigenvalue weighted by molar-refractivity contribution is 6.30. The minimum atomic E-state index is -0.579. The molecule has 2 atom stereocenters. The van der Waals surface area contributed by atoms with Crippen molar-refractivity contribution in [1.29, 1.82) is 0 Å². The van der Waals surface area contributed by atoms with Crippen LogP contribution in [-0.2, 0) is 20.7 Å². The van der Waals surface area contributed by atoms with Gasteiger partial charge in [0.25, 0.3) is 5.91 Å². The number of hydrogen-bond donors (Lipinski definition) is 3. The zero-order chi connectivity index (χ0) is 26.5. The van der Waals surface area contributed by atoms with Gasteiger partial charge in [0.05, 0.1) is 12.6 Å². The Kier molecular flexibility index (Phi) is 11.3. The van der Waals surface area contributed by atoms with Crippen LogP contribution in [0.1, 0.15) is 33.5 Å². The summed E-state index contributed by atoms with van der Waals surface area (Å²) in [5.74, 6) is -1.39. The summed E-state index contributed by atoms with van der Waals surface area (Å²) >= 11 is 5.93. The summed E-state index contributed by atoms with van der Waals surface area (Å²) in [6, 6.07) is 23.7. The molecule has 2 amide bonds. The van der Waals surface area contributed by atoms with Crippen LogP contribution in [0.15, 0.2) is 78.9 Å². The predicted molar refractivity (Wildman–Crippen MR) is 144 cm³/mol. The fourth-order valence-electron chi connectivity index (χ4n) is 3.84. The number of benzene rings is 3. The van der Waals surface area contributed by atoms with E-state index in [9.17, 15) is 14.8 Å². The predicted octanol–water partition coefficient (Wildman–Crippen LogP) is 4.98. The molecule has 0 aromatic heterocycles. The van der Waals surface area contributed by atoms with Crippen LogP contribution < -0.4 is 10.8 Å². The lowest BCUT2D eigenvalue weighted by molar-refractivity contribution is -0.134. The Morgan fingerprint density at radius 2 is 1.57 bits per heavy atom. The molecule has 3 aromatic carbocycles. The van der Waals surface area contributed by atoms with E-state index in [-0.39, 0.29) is 25.7 Å². The molecule has 0 saturated carbocycles. The van der Waals surface area contributed by atoms with E-state index in [1.54, 1.807) is 17.6 Å². The topological polar surface area (TPSA) is 96.9 Å². The Balaban J connectivity index is 1.67. The third kappa shape index (κ3) is 9.48. The Labute approximate surface area is 222 Å². The molecule has 3 aromatic rings. The van der Waals surface area contributed by atoms with Gasteiger partial charge in [0, 0.05) is 23.6 Å². The average molecular weight is 523 g/mol. The number of hydroxylamine groups is 1. The van der Waals surface area contributed by atoms with Gasteiger partial charge < -0.3 is 14.8 Å². The molecule has 0 radical (unpaired) electrons. The third-order valence-corrected chi connectivity index (χ3v) is 5.99. The highest BCUT2D eigenvalue weighted by Gasteiger charge is 2.25. The molecule has 3 N–H and O–H groups in total. The highest BCUT2D eigenvalue weighted by Crippen LogP contribution is 2.17. The van der Waals surface area contributed by atoms with Gasteiger partial charge in [-0.05, 0) is 53.8 Å². The van der Waals surface area contributed by atoms with Gasteiger partial charge in [0.1, 0.15) is 6.79 Å². The smallest absolute Gasteiger partial charge is 0.251 e. The molecule has 3 rings (SSSR count). The number of rotatable bonds is 13. The lowest BCUT2D eigenvalue weighted by Gasteiger charge is -2.23. The van der Waals surface area contributed by atoms with Crippen molar-refractivity contribution in [3.8, 4) is 0 Å². The minimum absolute atomic E-state index is 0.0522. The van der Waals surface area contributed by atoms with Gasteiger partial charge in [0.2, 0.25) is 5.91 Å². The molecule has 37 heavy (non-hydrogen) atoms. The van der Waals surface area contributed by atoms with E-state index in [4.69, 9.17) is 21.1 Å². The second-order valence-electron chi connectivity index (χ2n) is 8.55. The van der Waals surface area contributed by atoms with Crippen molar-refractivity contribution in [2.45, 2.75) is 18.9 Å². The minimum Gasteiger partial charge on any atom is -0.359 e. The van der Waals surface area contributed by atoms with Crippen molar-refractivity contribution in [2.75, 3.05) is 20.5 Å².